The van der Waals surface area contributed by atoms with Crippen molar-refractivity contribution in [3.05, 3.63) is 34.3 Å². The van der Waals surface area contributed by atoms with Gasteiger partial charge in [-0.1, -0.05) is 23.7 Å². The van der Waals surface area contributed by atoms with Gasteiger partial charge in [0.1, 0.15) is 0 Å². The lowest BCUT2D eigenvalue weighted by Gasteiger charge is -2.13. The van der Waals surface area contributed by atoms with Crippen LogP contribution in [0.4, 0.5) is 0 Å². The Morgan fingerprint density at radius 1 is 1.54 bits per heavy atom. The highest BCUT2D eigenvalue weighted by Crippen LogP contribution is 2.25. The van der Waals surface area contributed by atoms with Crippen LogP contribution in [-0.4, -0.2) is 7.11 Å². The molecule has 0 aromatic heterocycles. The number of rotatable bonds is 3. The minimum Gasteiger partial charge on any atom is -0.380 e. The van der Waals surface area contributed by atoms with E-state index in [1.165, 1.54) is 0 Å². The van der Waals surface area contributed by atoms with Gasteiger partial charge < -0.3 is 10.5 Å². The van der Waals surface area contributed by atoms with Crippen molar-refractivity contribution in [2.45, 2.75) is 19.6 Å². The van der Waals surface area contributed by atoms with Crippen LogP contribution in [-0.2, 0) is 11.3 Å². The van der Waals surface area contributed by atoms with Gasteiger partial charge in [-0.05, 0) is 24.1 Å². The van der Waals surface area contributed by atoms with Crippen LogP contribution in [0.25, 0.3) is 0 Å². The predicted octanol–water partition coefficient (Wildman–Crippen LogP) is 2.51. The van der Waals surface area contributed by atoms with E-state index in [9.17, 15) is 0 Å². The van der Waals surface area contributed by atoms with Crippen molar-refractivity contribution in [1.29, 1.82) is 0 Å². The molecule has 1 atom stereocenters. The third-order valence-electron chi connectivity index (χ3n) is 1.90. The minimum absolute atomic E-state index is 0.0566. The smallest absolute Gasteiger partial charge is 0.0716 e. The summed E-state index contributed by atoms with van der Waals surface area (Å²) in [6.45, 7) is 2.47. The Labute approximate surface area is 83.6 Å². The molecule has 1 aromatic rings. The highest BCUT2D eigenvalue weighted by atomic mass is 35.5. The molecule has 0 fully saturated rings. The number of hydrogen-bond donors (Lipinski definition) is 1. The monoisotopic (exact) mass is 199 g/mol. The molecule has 0 amide bonds. The molecule has 0 radical (unpaired) electrons. The molecule has 1 rings (SSSR count). The molecule has 0 heterocycles. The van der Waals surface area contributed by atoms with Crippen LogP contribution in [0.5, 0.6) is 0 Å². The van der Waals surface area contributed by atoms with Crippen molar-refractivity contribution in [2.24, 2.45) is 5.73 Å². The number of ether oxygens (including phenoxy) is 1. The highest BCUT2D eigenvalue weighted by Gasteiger charge is 2.10. The Morgan fingerprint density at radius 3 is 2.77 bits per heavy atom. The second-order valence-electron chi connectivity index (χ2n) is 3.03. The van der Waals surface area contributed by atoms with Crippen LogP contribution < -0.4 is 5.73 Å². The number of halogens is 1. The number of nitrogens with two attached hydrogens (primary N) is 1. The summed E-state index contributed by atoms with van der Waals surface area (Å²) in [5.41, 5.74) is 7.84. The van der Waals surface area contributed by atoms with E-state index in [-0.39, 0.29) is 6.04 Å². The zero-order valence-electron chi connectivity index (χ0n) is 7.88. The molecule has 13 heavy (non-hydrogen) atoms. The van der Waals surface area contributed by atoms with E-state index >= 15 is 0 Å². The normalized spacial score (nSPS) is 12.9. The molecule has 3 heteroatoms. The lowest BCUT2D eigenvalue weighted by Crippen LogP contribution is -2.09. The topological polar surface area (TPSA) is 35.2 Å². The van der Waals surface area contributed by atoms with Crippen molar-refractivity contribution in [3.63, 3.8) is 0 Å². The highest BCUT2D eigenvalue weighted by molar-refractivity contribution is 6.31. The zero-order valence-corrected chi connectivity index (χ0v) is 8.64. The van der Waals surface area contributed by atoms with E-state index in [1.54, 1.807) is 7.11 Å². The van der Waals surface area contributed by atoms with Gasteiger partial charge in [0.15, 0.2) is 0 Å². The van der Waals surface area contributed by atoms with Gasteiger partial charge in [0.25, 0.3) is 0 Å². The fourth-order valence-electron chi connectivity index (χ4n) is 1.37. The van der Waals surface area contributed by atoms with Gasteiger partial charge >= 0.3 is 0 Å². The molecule has 72 valence electrons. The lowest BCUT2D eigenvalue weighted by atomic mass is 10.0. The fourth-order valence-corrected chi connectivity index (χ4v) is 1.74. The van der Waals surface area contributed by atoms with Crippen LogP contribution in [0.3, 0.4) is 0 Å². The van der Waals surface area contributed by atoms with Crippen molar-refractivity contribution in [3.8, 4) is 0 Å². The van der Waals surface area contributed by atoms with E-state index in [1.807, 2.05) is 25.1 Å². The first-order chi connectivity index (χ1) is 6.16. The van der Waals surface area contributed by atoms with Crippen molar-refractivity contribution in [1.82, 2.24) is 0 Å². The maximum absolute atomic E-state index is 6.02. The largest absolute Gasteiger partial charge is 0.380 e. The predicted molar refractivity (Wildman–Crippen MR) is 54.8 cm³/mol. The van der Waals surface area contributed by atoms with Gasteiger partial charge in [0.05, 0.1) is 6.61 Å². The van der Waals surface area contributed by atoms with Crippen LogP contribution in [0.2, 0.25) is 5.02 Å². The van der Waals surface area contributed by atoms with E-state index < -0.39 is 0 Å². The van der Waals surface area contributed by atoms with E-state index in [0.717, 1.165) is 11.1 Å². The molecular formula is C10H14ClNO. The van der Waals surface area contributed by atoms with Crippen LogP contribution in [0.1, 0.15) is 24.1 Å². The summed E-state index contributed by atoms with van der Waals surface area (Å²) in [5.74, 6) is 0. The quantitative estimate of drug-likeness (QED) is 0.812. The Bertz CT molecular complexity index is 286. The third-order valence-corrected chi connectivity index (χ3v) is 2.23. The second-order valence-corrected chi connectivity index (χ2v) is 3.44. The van der Waals surface area contributed by atoms with Crippen LogP contribution in [0.15, 0.2) is 18.2 Å². The molecular weight excluding hydrogens is 186 g/mol. The first kappa shape index (κ1) is 10.5. The summed E-state index contributed by atoms with van der Waals surface area (Å²) in [5, 5.41) is 0.713. The number of methoxy groups -OCH3 is 1. The molecule has 2 nitrogen and oxygen atoms in total. The van der Waals surface area contributed by atoms with Gasteiger partial charge in [-0.25, -0.2) is 0 Å². The standard InChI is InChI=1S/C10H14ClNO/c1-7(12)10-8(6-13-2)4-3-5-9(10)11/h3-5,7H,6,12H2,1-2H3. The molecule has 0 bridgehead atoms. The molecule has 0 spiro atoms. The Morgan fingerprint density at radius 2 is 2.23 bits per heavy atom. The average molecular weight is 200 g/mol. The van der Waals surface area contributed by atoms with Gasteiger partial charge in [-0.3, -0.25) is 0 Å². The summed E-state index contributed by atoms with van der Waals surface area (Å²) in [7, 11) is 1.66. The lowest BCUT2D eigenvalue weighted by molar-refractivity contribution is 0.184. The summed E-state index contributed by atoms with van der Waals surface area (Å²) in [6, 6.07) is 5.68. The van der Waals surface area contributed by atoms with E-state index in [4.69, 9.17) is 22.1 Å². The maximum Gasteiger partial charge on any atom is 0.0716 e. The number of benzene rings is 1. The summed E-state index contributed by atoms with van der Waals surface area (Å²) >= 11 is 6.02. The molecule has 2 N–H and O–H groups in total. The van der Waals surface area contributed by atoms with Crippen molar-refractivity contribution in [2.75, 3.05) is 7.11 Å². The molecule has 0 saturated heterocycles. The molecule has 0 aliphatic rings. The Hall–Kier alpha value is -0.570. The first-order valence-electron chi connectivity index (χ1n) is 4.18. The maximum atomic E-state index is 6.02. The first-order valence-corrected chi connectivity index (χ1v) is 4.56. The van der Waals surface area contributed by atoms with Gasteiger partial charge in [-0.2, -0.15) is 0 Å². The molecule has 1 unspecified atom stereocenters. The van der Waals surface area contributed by atoms with Crippen molar-refractivity contribution < 1.29 is 4.74 Å². The summed E-state index contributed by atoms with van der Waals surface area (Å²) in [4.78, 5) is 0. The Kier molecular flexibility index (Phi) is 3.72. The summed E-state index contributed by atoms with van der Waals surface area (Å²) < 4.78 is 5.06. The van der Waals surface area contributed by atoms with E-state index in [2.05, 4.69) is 0 Å². The fraction of sp³-hybridized carbons (Fsp3) is 0.400. The summed E-state index contributed by atoms with van der Waals surface area (Å²) in [6.07, 6.45) is 0. The zero-order chi connectivity index (χ0) is 9.84. The molecule has 0 aliphatic heterocycles. The molecule has 1 aromatic carbocycles. The van der Waals surface area contributed by atoms with Crippen LogP contribution in [0, 0.1) is 0 Å². The SMILES string of the molecule is COCc1cccc(Cl)c1C(C)N. The van der Waals surface area contributed by atoms with Gasteiger partial charge in [0, 0.05) is 18.2 Å². The second kappa shape index (κ2) is 4.61. The molecule has 0 aliphatic carbocycles. The minimum atomic E-state index is -0.0566. The van der Waals surface area contributed by atoms with Gasteiger partial charge in [0.2, 0.25) is 0 Å². The third kappa shape index (κ3) is 2.44. The molecule has 0 saturated carbocycles. The van der Waals surface area contributed by atoms with Crippen LogP contribution >= 0.6 is 11.6 Å². The average Bonchev–Trinajstić information content (AvgIpc) is 2.04. The van der Waals surface area contributed by atoms with Crippen molar-refractivity contribution >= 4 is 11.6 Å². The Balaban J connectivity index is 3.10. The number of hydrogen-bond acceptors (Lipinski definition) is 2. The van der Waals surface area contributed by atoms with E-state index in [0.29, 0.717) is 11.6 Å². The van der Waals surface area contributed by atoms with Gasteiger partial charge in [-0.15, -0.1) is 0 Å².